The predicted molar refractivity (Wildman–Crippen MR) is 108 cm³/mol. The highest BCUT2D eigenvalue weighted by molar-refractivity contribution is 6.03. The van der Waals surface area contributed by atoms with Crippen LogP contribution in [0, 0.1) is 0 Å². The van der Waals surface area contributed by atoms with Gasteiger partial charge in [0.25, 0.3) is 5.91 Å². The van der Waals surface area contributed by atoms with Crippen molar-refractivity contribution in [2.45, 2.75) is 25.3 Å². The fraction of sp³-hybridized carbons (Fsp3) is 0.190. The van der Waals surface area contributed by atoms with Crippen LogP contribution in [-0.4, -0.2) is 30.8 Å². The number of amides is 1. The summed E-state index contributed by atoms with van der Waals surface area (Å²) in [6, 6.07) is 1.63. The molecule has 8 nitrogen and oxygen atoms in total. The Balaban J connectivity index is 1.54. The molecule has 0 aliphatic carbocycles. The topological polar surface area (TPSA) is 98.7 Å². The van der Waals surface area contributed by atoms with E-state index >= 15 is 0 Å². The average Bonchev–Trinajstić information content (AvgIpc) is 3.48. The number of carbonyl (C=O) groups is 1. The molecule has 0 saturated carbocycles. The van der Waals surface area contributed by atoms with Gasteiger partial charge in [-0.25, -0.2) is 4.98 Å². The molecule has 1 N–H and O–H groups in total. The Morgan fingerprint density at radius 2 is 1.83 bits per heavy atom. The molecule has 1 unspecified atom stereocenters. The number of benzene rings is 1. The number of nitrogens with zero attached hydrogens (tertiary/aromatic N) is 5. The molecule has 3 heterocycles. The summed E-state index contributed by atoms with van der Waals surface area (Å²) in [5.74, 6) is -0.504. The molecule has 0 radical (unpaired) electrons. The first-order valence-electron chi connectivity index (χ1n) is 9.80. The minimum Gasteiger partial charge on any atom is -0.354 e. The maximum Gasteiger partial charge on any atom is 0.416 e. The van der Waals surface area contributed by atoms with Gasteiger partial charge < -0.3 is 9.84 Å². The molecule has 1 atom stereocenters. The van der Waals surface area contributed by atoms with Gasteiger partial charge in [-0.15, -0.1) is 0 Å². The highest BCUT2D eigenvalue weighted by Crippen LogP contribution is 2.39. The molecule has 0 aliphatic rings. The Kier molecular flexibility index (Phi) is 6.05. The van der Waals surface area contributed by atoms with Crippen LogP contribution in [0.2, 0.25) is 0 Å². The Morgan fingerprint density at radius 1 is 1.06 bits per heavy atom. The monoisotopic (exact) mass is 496 g/mol. The zero-order valence-corrected chi connectivity index (χ0v) is 17.6. The van der Waals surface area contributed by atoms with Crippen molar-refractivity contribution in [2.75, 3.05) is 5.32 Å². The standard InChI is InChI=1S/C21H14F6N6O2/c1-11(14-3-2-12(20(22,23)24)6-15(14)21(25,26)27)33-10-13(8-30-33)31-19(34)16-7-18(35-32-16)17-9-28-4-5-29-17/h2-11H,1H3,(H,31,34). The van der Waals surface area contributed by atoms with E-state index in [0.717, 1.165) is 10.7 Å². The number of aromatic nitrogens is 5. The van der Waals surface area contributed by atoms with Gasteiger partial charge in [-0.3, -0.25) is 14.5 Å². The largest absolute Gasteiger partial charge is 0.416 e. The third kappa shape index (κ3) is 5.15. The molecule has 0 saturated heterocycles. The lowest BCUT2D eigenvalue weighted by Gasteiger charge is -2.20. The van der Waals surface area contributed by atoms with Gasteiger partial charge in [0, 0.05) is 24.7 Å². The first kappa shape index (κ1) is 23.9. The summed E-state index contributed by atoms with van der Waals surface area (Å²) in [6.45, 7) is 1.33. The molecule has 35 heavy (non-hydrogen) atoms. The van der Waals surface area contributed by atoms with E-state index in [1.165, 1.54) is 44.0 Å². The Labute approximate surface area is 192 Å². The SMILES string of the molecule is CC(c1ccc(C(F)(F)F)cc1C(F)(F)F)n1cc(NC(=O)c2cc(-c3cnccn3)on2)cn1. The fourth-order valence-corrected chi connectivity index (χ4v) is 3.22. The minimum atomic E-state index is -5.02. The molecule has 14 heteroatoms. The highest BCUT2D eigenvalue weighted by atomic mass is 19.4. The van der Waals surface area contributed by atoms with E-state index in [9.17, 15) is 31.1 Å². The highest BCUT2D eigenvalue weighted by Gasteiger charge is 2.39. The molecule has 0 fully saturated rings. The number of hydrogen-bond donors (Lipinski definition) is 1. The molecule has 3 aromatic heterocycles. The van der Waals surface area contributed by atoms with E-state index in [1.54, 1.807) is 0 Å². The van der Waals surface area contributed by atoms with Crippen molar-refractivity contribution in [3.05, 3.63) is 77.6 Å². The van der Waals surface area contributed by atoms with Crippen molar-refractivity contribution in [1.82, 2.24) is 24.9 Å². The van der Waals surface area contributed by atoms with Gasteiger partial charge in [-0.1, -0.05) is 11.2 Å². The van der Waals surface area contributed by atoms with Crippen molar-refractivity contribution < 1.29 is 35.7 Å². The van der Waals surface area contributed by atoms with Crippen LogP contribution in [0.3, 0.4) is 0 Å². The molecule has 1 aromatic carbocycles. The maximum atomic E-state index is 13.5. The van der Waals surface area contributed by atoms with Crippen LogP contribution in [0.1, 0.15) is 40.1 Å². The van der Waals surface area contributed by atoms with Crippen molar-refractivity contribution in [3.63, 3.8) is 0 Å². The second-order valence-corrected chi connectivity index (χ2v) is 7.30. The van der Waals surface area contributed by atoms with E-state index in [-0.39, 0.29) is 23.2 Å². The van der Waals surface area contributed by atoms with Gasteiger partial charge >= 0.3 is 12.4 Å². The first-order chi connectivity index (χ1) is 16.4. The van der Waals surface area contributed by atoms with Crippen molar-refractivity contribution >= 4 is 11.6 Å². The lowest BCUT2D eigenvalue weighted by molar-refractivity contribution is -0.143. The first-order valence-corrected chi connectivity index (χ1v) is 9.80. The van der Waals surface area contributed by atoms with E-state index < -0.39 is 41.0 Å². The molecule has 182 valence electrons. The van der Waals surface area contributed by atoms with Crippen molar-refractivity contribution in [1.29, 1.82) is 0 Å². The average molecular weight is 496 g/mol. The third-order valence-electron chi connectivity index (χ3n) is 4.95. The molecular weight excluding hydrogens is 482 g/mol. The van der Waals surface area contributed by atoms with Gasteiger partial charge in [0.05, 0.1) is 35.2 Å². The van der Waals surface area contributed by atoms with Crippen LogP contribution in [-0.2, 0) is 12.4 Å². The van der Waals surface area contributed by atoms with E-state index in [0.29, 0.717) is 11.8 Å². The molecule has 0 aliphatic heterocycles. The minimum absolute atomic E-state index is 0.0668. The van der Waals surface area contributed by atoms with Gasteiger partial charge in [0.1, 0.15) is 5.69 Å². The lowest BCUT2D eigenvalue weighted by Crippen LogP contribution is -2.17. The summed E-state index contributed by atoms with van der Waals surface area (Å²) in [5, 5.41) is 10.1. The second-order valence-electron chi connectivity index (χ2n) is 7.30. The number of carbonyl (C=O) groups excluding carboxylic acids is 1. The van der Waals surface area contributed by atoms with Crippen molar-refractivity contribution in [2.24, 2.45) is 0 Å². The van der Waals surface area contributed by atoms with Gasteiger partial charge in [-0.2, -0.15) is 31.4 Å². The number of nitrogens with one attached hydrogen (secondary N) is 1. The summed E-state index contributed by atoms with van der Waals surface area (Å²) in [7, 11) is 0. The predicted octanol–water partition coefficient (Wildman–Crippen LogP) is 5.23. The Bertz CT molecular complexity index is 1350. The van der Waals surface area contributed by atoms with Crippen LogP contribution < -0.4 is 5.32 Å². The summed E-state index contributed by atoms with van der Waals surface area (Å²) < 4.78 is 85.5. The van der Waals surface area contributed by atoms with E-state index in [4.69, 9.17) is 4.52 Å². The van der Waals surface area contributed by atoms with Gasteiger partial charge in [-0.05, 0) is 24.6 Å². The number of hydrogen-bond acceptors (Lipinski definition) is 6. The number of halogens is 6. The summed E-state index contributed by atoms with van der Waals surface area (Å²) in [6.07, 6.45) is -3.26. The fourth-order valence-electron chi connectivity index (χ4n) is 3.22. The lowest BCUT2D eigenvalue weighted by atomic mass is 9.98. The van der Waals surface area contributed by atoms with Crippen LogP contribution >= 0.6 is 0 Å². The normalized spacial score (nSPS) is 13.0. The summed E-state index contributed by atoms with van der Waals surface area (Å²) in [5.41, 5.74) is -2.91. The smallest absolute Gasteiger partial charge is 0.354 e. The Morgan fingerprint density at radius 3 is 2.49 bits per heavy atom. The molecule has 4 aromatic rings. The van der Waals surface area contributed by atoms with Crippen molar-refractivity contribution in [3.8, 4) is 11.5 Å². The third-order valence-corrected chi connectivity index (χ3v) is 4.95. The molecule has 4 rings (SSSR count). The van der Waals surface area contributed by atoms with Crippen LogP contribution in [0.15, 0.2) is 59.8 Å². The molecule has 0 bridgehead atoms. The summed E-state index contributed by atoms with van der Waals surface area (Å²) >= 11 is 0. The Hall–Kier alpha value is -4.23. The quantitative estimate of drug-likeness (QED) is 0.380. The van der Waals surface area contributed by atoms with Gasteiger partial charge in [0.2, 0.25) is 0 Å². The molecule has 0 spiro atoms. The molecular formula is C21H14F6N6O2. The van der Waals surface area contributed by atoms with E-state index in [2.05, 4.69) is 25.5 Å². The van der Waals surface area contributed by atoms with Crippen LogP contribution in [0.5, 0.6) is 0 Å². The second kappa shape index (κ2) is 8.85. The summed E-state index contributed by atoms with van der Waals surface area (Å²) in [4.78, 5) is 20.4. The maximum absolute atomic E-state index is 13.5. The number of anilines is 1. The number of alkyl halides is 6. The van der Waals surface area contributed by atoms with Gasteiger partial charge in [0.15, 0.2) is 11.5 Å². The zero-order chi connectivity index (χ0) is 25.4. The zero-order valence-electron chi connectivity index (χ0n) is 17.6. The van der Waals surface area contributed by atoms with E-state index in [1.807, 2.05) is 0 Å². The van der Waals surface area contributed by atoms with Crippen LogP contribution in [0.25, 0.3) is 11.5 Å². The number of rotatable bonds is 5. The van der Waals surface area contributed by atoms with Crippen LogP contribution in [0.4, 0.5) is 32.0 Å². The molecule has 1 amide bonds.